The molecule has 1 aromatic rings. The minimum atomic E-state index is -0.193. The minimum Gasteiger partial charge on any atom is -0.349 e. The first-order chi connectivity index (χ1) is 8.28. The summed E-state index contributed by atoms with van der Waals surface area (Å²) < 4.78 is 0.849. The van der Waals surface area contributed by atoms with Crippen molar-refractivity contribution in [2.24, 2.45) is 5.41 Å². The lowest BCUT2D eigenvalue weighted by atomic mass is 9.90. The maximum absolute atomic E-state index is 11.8. The van der Waals surface area contributed by atoms with Crippen LogP contribution in [-0.4, -0.2) is 22.8 Å². The average molecular weight is 334 g/mol. The quantitative estimate of drug-likeness (QED) is 0.855. The lowest BCUT2D eigenvalue weighted by molar-refractivity contribution is 0.0947. The first-order valence-electron chi connectivity index (χ1n) is 5.82. The number of aromatic nitrogens is 1. The summed E-state index contributed by atoms with van der Waals surface area (Å²) in [5.41, 5.74) is 0.560. The standard InChI is InChI=1S/C13H18BrClN2O/c1-13(2,3)6-10(15)8-17-12(18)11-5-4-9(14)7-16-11/h4-5,7,10H,6,8H2,1-3H3,(H,17,18). The largest absolute Gasteiger partial charge is 0.349 e. The first-order valence-corrected chi connectivity index (χ1v) is 7.05. The second-order valence-electron chi connectivity index (χ2n) is 5.43. The van der Waals surface area contributed by atoms with E-state index in [2.05, 4.69) is 47.0 Å². The van der Waals surface area contributed by atoms with Gasteiger partial charge in [0.2, 0.25) is 0 Å². The molecule has 0 bridgehead atoms. The summed E-state index contributed by atoms with van der Waals surface area (Å²) in [5.74, 6) is -0.193. The number of carbonyl (C=O) groups excluding carboxylic acids is 1. The molecule has 0 spiro atoms. The maximum atomic E-state index is 11.8. The summed E-state index contributed by atoms with van der Waals surface area (Å²) in [6.07, 6.45) is 2.45. The molecule has 100 valence electrons. The molecule has 0 aliphatic heterocycles. The molecule has 0 saturated carbocycles. The predicted molar refractivity (Wildman–Crippen MR) is 78.0 cm³/mol. The van der Waals surface area contributed by atoms with Crippen molar-refractivity contribution in [3.8, 4) is 0 Å². The van der Waals surface area contributed by atoms with Gasteiger partial charge in [0.1, 0.15) is 5.69 Å². The molecule has 5 heteroatoms. The van der Waals surface area contributed by atoms with E-state index in [0.29, 0.717) is 12.2 Å². The summed E-state index contributed by atoms with van der Waals surface area (Å²) in [6, 6.07) is 3.46. The second kappa shape index (κ2) is 6.53. The maximum Gasteiger partial charge on any atom is 0.269 e. The van der Waals surface area contributed by atoms with Gasteiger partial charge in [0.05, 0.1) is 5.38 Å². The number of hydrogen-bond acceptors (Lipinski definition) is 2. The summed E-state index contributed by atoms with van der Waals surface area (Å²) in [5, 5.41) is 2.73. The highest BCUT2D eigenvalue weighted by molar-refractivity contribution is 9.10. The molecule has 0 fully saturated rings. The van der Waals surface area contributed by atoms with E-state index in [9.17, 15) is 4.79 Å². The number of alkyl halides is 1. The summed E-state index contributed by atoms with van der Waals surface area (Å²) in [6.45, 7) is 6.83. The zero-order valence-electron chi connectivity index (χ0n) is 10.8. The number of rotatable bonds is 4. The number of pyridine rings is 1. The van der Waals surface area contributed by atoms with E-state index < -0.39 is 0 Å². The lowest BCUT2D eigenvalue weighted by Crippen LogP contribution is -2.32. The van der Waals surface area contributed by atoms with Crippen LogP contribution in [0.5, 0.6) is 0 Å². The van der Waals surface area contributed by atoms with Crippen LogP contribution >= 0.6 is 27.5 Å². The summed E-state index contributed by atoms with van der Waals surface area (Å²) in [7, 11) is 0. The van der Waals surface area contributed by atoms with Gasteiger partial charge in [-0.05, 0) is 39.9 Å². The van der Waals surface area contributed by atoms with Crippen molar-refractivity contribution in [1.29, 1.82) is 0 Å². The molecule has 1 amide bonds. The molecule has 0 aliphatic carbocycles. The molecule has 0 aromatic carbocycles. The Morgan fingerprint density at radius 3 is 2.67 bits per heavy atom. The molecular weight excluding hydrogens is 316 g/mol. The van der Waals surface area contributed by atoms with Crippen molar-refractivity contribution in [2.75, 3.05) is 6.54 Å². The number of hydrogen-bond donors (Lipinski definition) is 1. The van der Waals surface area contributed by atoms with Gasteiger partial charge in [-0.2, -0.15) is 0 Å². The van der Waals surface area contributed by atoms with Crippen LogP contribution < -0.4 is 5.32 Å². The van der Waals surface area contributed by atoms with Crippen molar-refractivity contribution in [3.63, 3.8) is 0 Å². The Bertz CT molecular complexity index is 400. The van der Waals surface area contributed by atoms with Crippen LogP contribution in [0.25, 0.3) is 0 Å². The molecule has 1 rings (SSSR count). The van der Waals surface area contributed by atoms with Gasteiger partial charge in [0.15, 0.2) is 0 Å². The molecule has 18 heavy (non-hydrogen) atoms. The minimum absolute atomic E-state index is 0.0654. The third-order valence-electron chi connectivity index (χ3n) is 2.28. The van der Waals surface area contributed by atoms with Crippen molar-refractivity contribution < 1.29 is 4.79 Å². The van der Waals surface area contributed by atoms with E-state index >= 15 is 0 Å². The molecule has 1 N–H and O–H groups in total. The number of nitrogens with zero attached hydrogens (tertiary/aromatic N) is 1. The molecule has 1 atom stereocenters. The predicted octanol–water partition coefficient (Wildman–Crippen LogP) is 3.62. The van der Waals surface area contributed by atoms with Gasteiger partial charge >= 0.3 is 0 Å². The Kier molecular flexibility index (Phi) is 5.60. The van der Waals surface area contributed by atoms with Crippen LogP contribution in [0, 0.1) is 5.41 Å². The van der Waals surface area contributed by atoms with Gasteiger partial charge in [0, 0.05) is 17.2 Å². The lowest BCUT2D eigenvalue weighted by Gasteiger charge is -2.21. The highest BCUT2D eigenvalue weighted by Gasteiger charge is 2.17. The van der Waals surface area contributed by atoms with Crippen molar-refractivity contribution in [1.82, 2.24) is 10.3 Å². The first kappa shape index (κ1) is 15.4. The van der Waals surface area contributed by atoms with Crippen LogP contribution in [0.4, 0.5) is 0 Å². The third-order valence-corrected chi connectivity index (χ3v) is 3.06. The topological polar surface area (TPSA) is 42.0 Å². The van der Waals surface area contributed by atoms with E-state index in [1.165, 1.54) is 0 Å². The van der Waals surface area contributed by atoms with Gasteiger partial charge in [-0.15, -0.1) is 11.6 Å². The normalized spacial score (nSPS) is 13.2. The van der Waals surface area contributed by atoms with E-state index in [1.807, 2.05) is 0 Å². The molecular formula is C13H18BrClN2O. The number of nitrogens with one attached hydrogen (secondary N) is 1. The van der Waals surface area contributed by atoms with E-state index in [1.54, 1.807) is 18.3 Å². The Morgan fingerprint density at radius 2 is 2.17 bits per heavy atom. The highest BCUT2D eigenvalue weighted by atomic mass is 79.9. The zero-order valence-corrected chi connectivity index (χ0v) is 13.2. The molecule has 1 heterocycles. The third kappa shape index (κ3) is 5.83. The molecule has 0 aliphatic rings. The van der Waals surface area contributed by atoms with Gasteiger partial charge in [-0.3, -0.25) is 4.79 Å². The van der Waals surface area contributed by atoms with Crippen molar-refractivity contribution >= 4 is 33.4 Å². The summed E-state index contributed by atoms with van der Waals surface area (Å²) >= 11 is 9.45. The summed E-state index contributed by atoms with van der Waals surface area (Å²) in [4.78, 5) is 15.8. The van der Waals surface area contributed by atoms with Crippen molar-refractivity contribution in [3.05, 3.63) is 28.5 Å². The fourth-order valence-corrected chi connectivity index (χ4v) is 2.32. The average Bonchev–Trinajstić information content (AvgIpc) is 2.24. The fraction of sp³-hybridized carbons (Fsp3) is 0.538. The van der Waals surface area contributed by atoms with E-state index in [0.717, 1.165) is 10.9 Å². The number of carbonyl (C=O) groups is 1. The Morgan fingerprint density at radius 1 is 1.50 bits per heavy atom. The highest BCUT2D eigenvalue weighted by Crippen LogP contribution is 2.23. The fourth-order valence-electron chi connectivity index (χ4n) is 1.54. The molecule has 1 aromatic heterocycles. The molecule has 3 nitrogen and oxygen atoms in total. The monoisotopic (exact) mass is 332 g/mol. The van der Waals surface area contributed by atoms with Gasteiger partial charge in [-0.1, -0.05) is 20.8 Å². The van der Waals surface area contributed by atoms with Gasteiger partial charge < -0.3 is 5.32 Å². The molecule has 0 saturated heterocycles. The second-order valence-corrected chi connectivity index (χ2v) is 6.97. The smallest absolute Gasteiger partial charge is 0.269 e. The zero-order chi connectivity index (χ0) is 13.8. The van der Waals surface area contributed by atoms with Gasteiger partial charge in [0.25, 0.3) is 5.91 Å². The number of halogens is 2. The Balaban J connectivity index is 2.44. The van der Waals surface area contributed by atoms with Crippen LogP contribution in [0.1, 0.15) is 37.7 Å². The van der Waals surface area contributed by atoms with Crippen LogP contribution in [0.15, 0.2) is 22.8 Å². The Hall–Kier alpha value is -0.610. The van der Waals surface area contributed by atoms with Crippen LogP contribution in [0.2, 0.25) is 0 Å². The van der Waals surface area contributed by atoms with Crippen LogP contribution in [-0.2, 0) is 0 Å². The van der Waals surface area contributed by atoms with Crippen LogP contribution in [0.3, 0.4) is 0 Å². The van der Waals surface area contributed by atoms with E-state index in [4.69, 9.17) is 11.6 Å². The van der Waals surface area contributed by atoms with Crippen molar-refractivity contribution in [2.45, 2.75) is 32.6 Å². The SMILES string of the molecule is CC(C)(C)CC(Cl)CNC(=O)c1ccc(Br)cn1. The number of amides is 1. The van der Waals surface area contributed by atoms with E-state index in [-0.39, 0.29) is 16.7 Å². The molecule has 0 radical (unpaired) electrons. The molecule has 1 unspecified atom stereocenters. The van der Waals surface area contributed by atoms with Gasteiger partial charge in [-0.25, -0.2) is 4.98 Å². The Labute approximate surface area is 121 Å².